The summed E-state index contributed by atoms with van der Waals surface area (Å²) in [4.78, 5) is 12.7. The van der Waals surface area contributed by atoms with Crippen molar-refractivity contribution in [1.29, 1.82) is 0 Å². The van der Waals surface area contributed by atoms with Crippen LogP contribution in [0.3, 0.4) is 0 Å². The third kappa shape index (κ3) is 39.5. The first-order chi connectivity index (χ1) is 26.2. The Bertz CT molecular complexity index is 884. The van der Waals surface area contributed by atoms with E-state index in [1.165, 1.54) is 193 Å². The van der Waals surface area contributed by atoms with Crippen LogP contribution in [0.4, 0.5) is 0 Å². The predicted molar refractivity (Wildman–Crippen MR) is 232 cm³/mol. The van der Waals surface area contributed by atoms with E-state index in [0.717, 1.165) is 44.9 Å². The van der Waals surface area contributed by atoms with Gasteiger partial charge in [0.15, 0.2) is 0 Å². The number of carbonyl (C=O) groups excluding carboxylic acids is 1. The fourth-order valence-electron chi connectivity index (χ4n) is 7.76. The molecule has 0 bridgehead atoms. The molecule has 3 atom stereocenters. The number of nitrogens with one attached hydrogen (secondary N) is 1. The highest BCUT2D eigenvalue weighted by atomic mass is 32.2. The van der Waals surface area contributed by atoms with Crippen LogP contribution in [0.15, 0.2) is 0 Å². The minimum Gasteiger partial charge on any atom is -0.391 e. The Morgan fingerprint density at radius 1 is 0.426 bits per heavy atom. The molecular weight excluding hydrogens is 695 g/mol. The van der Waals surface area contributed by atoms with Crippen molar-refractivity contribution >= 4 is 16.0 Å². The van der Waals surface area contributed by atoms with Gasteiger partial charge in [0.25, 0.3) is 10.1 Å². The molecule has 54 heavy (non-hydrogen) atoms. The van der Waals surface area contributed by atoms with Gasteiger partial charge in [-0.1, -0.05) is 251 Å². The zero-order valence-corrected chi connectivity index (χ0v) is 36.8. The number of hydrogen-bond acceptors (Lipinski definition) is 5. The fourth-order valence-corrected chi connectivity index (χ4v) is 8.52. The van der Waals surface area contributed by atoms with Crippen LogP contribution in [0.5, 0.6) is 0 Å². The zero-order valence-electron chi connectivity index (χ0n) is 36.0. The molecule has 0 aliphatic rings. The van der Waals surface area contributed by atoms with Crippen LogP contribution in [0.1, 0.15) is 264 Å². The number of carbonyl (C=O) groups is 1. The molecule has 4 N–H and O–H groups in total. The lowest BCUT2D eigenvalue weighted by atomic mass is 10.0. The summed E-state index contributed by atoms with van der Waals surface area (Å²) >= 11 is 0. The monoisotopic (exact) mass is 788 g/mol. The van der Waals surface area contributed by atoms with Gasteiger partial charge in [-0.25, -0.2) is 0 Å². The molecular formula is C46H93NO6S. The second-order valence-corrected chi connectivity index (χ2v) is 18.4. The van der Waals surface area contributed by atoms with Crippen molar-refractivity contribution in [2.45, 2.75) is 283 Å². The summed E-state index contributed by atoms with van der Waals surface area (Å²) < 4.78 is 32.7. The predicted octanol–water partition coefficient (Wildman–Crippen LogP) is 13.3. The molecule has 8 heteroatoms. The van der Waals surface area contributed by atoms with Crippen LogP contribution in [0, 0.1) is 0 Å². The number of hydrogen-bond donors (Lipinski definition) is 4. The van der Waals surface area contributed by atoms with E-state index in [-0.39, 0.29) is 0 Å². The largest absolute Gasteiger partial charge is 0.391 e. The standard InChI is InChI=1S/C46H93NO6S/c1-3-5-7-9-11-13-15-17-19-21-23-25-27-29-31-33-35-37-39-41-45(49)46(50)47-43(42-54(51,52)53)44(48)40-38-36-34-32-30-28-26-24-22-20-18-16-14-12-10-8-6-4-2/h43-45,48-49H,3-42H2,1-2H3,(H,47,50)(H,51,52,53). The lowest BCUT2D eigenvalue weighted by Gasteiger charge is -2.24. The summed E-state index contributed by atoms with van der Waals surface area (Å²) in [6.45, 7) is 4.54. The smallest absolute Gasteiger partial charge is 0.266 e. The van der Waals surface area contributed by atoms with Gasteiger partial charge in [-0.3, -0.25) is 9.35 Å². The van der Waals surface area contributed by atoms with Crippen LogP contribution in [0.2, 0.25) is 0 Å². The molecule has 0 saturated heterocycles. The van der Waals surface area contributed by atoms with Crippen LogP contribution >= 0.6 is 0 Å². The highest BCUT2D eigenvalue weighted by molar-refractivity contribution is 7.85. The summed E-state index contributed by atoms with van der Waals surface area (Å²) in [7, 11) is -4.41. The Balaban J connectivity index is 3.85. The molecule has 3 unspecified atom stereocenters. The number of aliphatic hydroxyl groups excluding tert-OH is 2. The van der Waals surface area contributed by atoms with Crippen molar-refractivity contribution in [2.75, 3.05) is 5.75 Å². The van der Waals surface area contributed by atoms with Crippen molar-refractivity contribution < 1.29 is 28.0 Å². The molecule has 0 radical (unpaired) electrons. The van der Waals surface area contributed by atoms with Crippen LogP contribution < -0.4 is 5.32 Å². The Morgan fingerprint density at radius 3 is 0.926 bits per heavy atom. The first-order valence-electron chi connectivity index (χ1n) is 23.8. The third-order valence-corrected chi connectivity index (χ3v) is 12.2. The van der Waals surface area contributed by atoms with Crippen molar-refractivity contribution in [2.24, 2.45) is 0 Å². The molecule has 0 aromatic carbocycles. The van der Waals surface area contributed by atoms with Crippen LogP contribution in [-0.2, 0) is 14.9 Å². The number of rotatable bonds is 44. The summed E-state index contributed by atoms with van der Waals surface area (Å²) in [6.07, 6.45) is 45.5. The van der Waals surface area contributed by atoms with Gasteiger partial charge in [0.05, 0.1) is 17.9 Å². The Labute approximate surface area is 336 Å². The Hall–Kier alpha value is -0.700. The second kappa shape index (κ2) is 40.5. The van der Waals surface area contributed by atoms with Crippen molar-refractivity contribution in [3.63, 3.8) is 0 Å². The van der Waals surface area contributed by atoms with Gasteiger partial charge < -0.3 is 15.5 Å². The van der Waals surface area contributed by atoms with E-state index in [9.17, 15) is 28.0 Å². The minimum absolute atomic E-state index is 0.304. The number of aliphatic hydroxyl groups is 2. The molecule has 0 rings (SSSR count). The van der Waals surface area contributed by atoms with E-state index < -0.39 is 40.0 Å². The quantitative estimate of drug-likeness (QED) is 0.0360. The fraction of sp³-hybridized carbons (Fsp3) is 0.978. The van der Waals surface area contributed by atoms with Crippen LogP contribution in [-0.4, -0.2) is 53.1 Å². The van der Waals surface area contributed by atoms with E-state index in [1.54, 1.807) is 0 Å². The summed E-state index contributed by atoms with van der Waals surface area (Å²) in [5.74, 6) is -1.44. The molecule has 1 amide bonds. The van der Waals surface area contributed by atoms with Gasteiger partial charge >= 0.3 is 0 Å². The Morgan fingerprint density at radius 2 is 0.667 bits per heavy atom. The van der Waals surface area contributed by atoms with Gasteiger partial charge in [-0.05, 0) is 12.8 Å². The van der Waals surface area contributed by atoms with E-state index in [1.807, 2.05) is 0 Å². The molecule has 0 aliphatic carbocycles. The maximum Gasteiger partial charge on any atom is 0.266 e. The lowest BCUT2D eigenvalue weighted by molar-refractivity contribution is -0.131. The van der Waals surface area contributed by atoms with Crippen molar-refractivity contribution in [3.05, 3.63) is 0 Å². The molecule has 0 aliphatic heterocycles. The first kappa shape index (κ1) is 53.3. The van der Waals surface area contributed by atoms with Crippen molar-refractivity contribution in [1.82, 2.24) is 5.32 Å². The van der Waals surface area contributed by atoms with E-state index in [4.69, 9.17) is 0 Å². The first-order valence-corrected chi connectivity index (χ1v) is 25.4. The average molecular weight is 788 g/mol. The minimum atomic E-state index is -4.41. The highest BCUT2D eigenvalue weighted by Crippen LogP contribution is 2.18. The summed E-state index contributed by atoms with van der Waals surface area (Å²) in [5, 5.41) is 23.6. The van der Waals surface area contributed by atoms with E-state index in [0.29, 0.717) is 12.8 Å². The second-order valence-electron chi connectivity index (χ2n) is 16.9. The van der Waals surface area contributed by atoms with Crippen molar-refractivity contribution in [3.8, 4) is 0 Å². The summed E-state index contributed by atoms with van der Waals surface area (Å²) in [6, 6.07) is -1.14. The van der Waals surface area contributed by atoms with Gasteiger partial charge in [0.1, 0.15) is 6.10 Å². The highest BCUT2D eigenvalue weighted by Gasteiger charge is 2.28. The van der Waals surface area contributed by atoms with Gasteiger partial charge in [0, 0.05) is 0 Å². The number of amides is 1. The van der Waals surface area contributed by atoms with Gasteiger partial charge in [-0.15, -0.1) is 0 Å². The molecule has 0 aromatic heterocycles. The van der Waals surface area contributed by atoms with E-state index >= 15 is 0 Å². The third-order valence-electron chi connectivity index (χ3n) is 11.4. The molecule has 0 fully saturated rings. The lowest BCUT2D eigenvalue weighted by Crippen LogP contribution is -2.50. The van der Waals surface area contributed by atoms with E-state index in [2.05, 4.69) is 19.2 Å². The normalized spacial score (nSPS) is 13.6. The van der Waals surface area contributed by atoms with Gasteiger partial charge in [0.2, 0.25) is 5.91 Å². The molecule has 324 valence electrons. The SMILES string of the molecule is CCCCCCCCCCCCCCCCCCCCCC(O)C(=O)NC(CS(=O)(=O)O)C(O)CCCCCCCCCCCCCCCCCCCC. The maximum atomic E-state index is 12.7. The topological polar surface area (TPSA) is 124 Å². The average Bonchev–Trinajstić information content (AvgIpc) is 3.14. The van der Waals surface area contributed by atoms with Crippen LogP contribution in [0.25, 0.3) is 0 Å². The Kier molecular flexibility index (Phi) is 40.0. The molecule has 7 nitrogen and oxygen atoms in total. The molecule has 0 aromatic rings. The molecule has 0 saturated carbocycles. The maximum absolute atomic E-state index is 12.7. The summed E-state index contributed by atoms with van der Waals surface area (Å²) in [5.41, 5.74) is 0. The van der Waals surface area contributed by atoms with Gasteiger partial charge in [-0.2, -0.15) is 8.42 Å². The zero-order chi connectivity index (χ0) is 39.8. The number of unbranched alkanes of at least 4 members (excludes halogenated alkanes) is 35. The molecule has 0 spiro atoms. The molecule has 0 heterocycles.